The summed E-state index contributed by atoms with van der Waals surface area (Å²) in [6.45, 7) is 1.92. The molecular formula is C17H15ClN2O3S. The summed E-state index contributed by atoms with van der Waals surface area (Å²) in [5, 5.41) is 3.66. The molecule has 5 nitrogen and oxygen atoms in total. The molecule has 3 aromatic rings. The van der Waals surface area contributed by atoms with Crippen molar-refractivity contribution >= 4 is 44.2 Å². The summed E-state index contributed by atoms with van der Waals surface area (Å²) in [4.78, 5) is 16.9. The van der Waals surface area contributed by atoms with E-state index in [1.54, 1.807) is 32.4 Å². The zero-order chi connectivity index (χ0) is 17.3. The molecule has 124 valence electrons. The van der Waals surface area contributed by atoms with Gasteiger partial charge >= 0.3 is 0 Å². The molecule has 0 saturated heterocycles. The number of fused-ring (bicyclic) bond motifs is 1. The lowest BCUT2D eigenvalue weighted by Crippen LogP contribution is -2.12. The van der Waals surface area contributed by atoms with Crippen molar-refractivity contribution in [1.29, 1.82) is 0 Å². The van der Waals surface area contributed by atoms with Gasteiger partial charge in [-0.1, -0.05) is 29.0 Å². The van der Waals surface area contributed by atoms with Crippen LogP contribution >= 0.6 is 22.9 Å². The minimum atomic E-state index is -0.301. The van der Waals surface area contributed by atoms with Crippen molar-refractivity contribution < 1.29 is 14.3 Å². The summed E-state index contributed by atoms with van der Waals surface area (Å²) in [5.41, 5.74) is 2.08. The first-order chi connectivity index (χ1) is 11.5. The van der Waals surface area contributed by atoms with E-state index in [1.807, 2.05) is 19.1 Å². The fourth-order valence-corrected chi connectivity index (χ4v) is 3.50. The molecule has 0 unspecified atom stereocenters. The number of thiazole rings is 1. The topological polar surface area (TPSA) is 60.5 Å². The van der Waals surface area contributed by atoms with Crippen LogP contribution in [0.4, 0.5) is 5.13 Å². The highest BCUT2D eigenvalue weighted by molar-refractivity contribution is 7.22. The van der Waals surface area contributed by atoms with Crippen LogP contribution in [0.1, 0.15) is 15.9 Å². The van der Waals surface area contributed by atoms with Gasteiger partial charge in [-0.2, -0.15) is 0 Å². The summed E-state index contributed by atoms with van der Waals surface area (Å²) in [5.74, 6) is 0.960. The van der Waals surface area contributed by atoms with Crippen LogP contribution in [-0.2, 0) is 0 Å². The number of amides is 1. The second kappa shape index (κ2) is 6.67. The number of halogens is 1. The SMILES string of the molecule is COc1cc(OC)c2nc(NC(=O)c3ccc(C)cc3Cl)sc2c1. The van der Waals surface area contributed by atoms with Crippen LogP contribution in [0.5, 0.6) is 11.5 Å². The smallest absolute Gasteiger partial charge is 0.258 e. The molecule has 0 atom stereocenters. The maximum Gasteiger partial charge on any atom is 0.258 e. The third kappa shape index (κ3) is 3.16. The van der Waals surface area contributed by atoms with Gasteiger partial charge in [0.2, 0.25) is 0 Å². The highest BCUT2D eigenvalue weighted by atomic mass is 35.5. The average molecular weight is 363 g/mol. The molecule has 2 aromatic carbocycles. The predicted molar refractivity (Wildman–Crippen MR) is 96.9 cm³/mol. The van der Waals surface area contributed by atoms with E-state index in [4.69, 9.17) is 21.1 Å². The van der Waals surface area contributed by atoms with E-state index in [2.05, 4.69) is 10.3 Å². The first-order valence-corrected chi connectivity index (χ1v) is 8.31. The monoisotopic (exact) mass is 362 g/mol. The lowest BCUT2D eigenvalue weighted by atomic mass is 10.1. The second-order valence-electron chi connectivity index (χ2n) is 5.13. The number of anilines is 1. The van der Waals surface area contributed by atoms with Gasteiger partial charge in [0, 0.05) is 6.07 Å². The molecule has 0 aliphatic carbocycles. The summed E-state index contributed by atoms with van der Waals surface area (Å²) in [6, 6.07) is 8.90. The molecule has 0 saturated carbocycles. The lowest BCUT2D eigenvalue weighted by Gasteiger charge is -2.04. The fraction of sp³-hybridized carbons (Fsp3) is 0.176. The molecule has 1 aromatic heterocycles. The zero-order valence-corrected chi connectivity index (χ0v) is 14.9. The number of rotatable bonds is 4. The Labute approximate surface area is 148 Å². The number of carbonyl (C=O) groups is 1. The molecule has 0 aliphatic rings. The number of methoxy groups -OCH3 is 2. The van der Waals surface area contributed by atoms with Gasteiger partial charge in [0.15, 0.2) is 5.13 Å². The molecule has 3 rings (SSSR count). The van der Waals surface area contributed by atoms with E-state index in [9.17, 15) is 4.79 Å². The largest absolute Gasteiger partial charge is 0.497 e. The van der Waals surface area contributed by atoms with Crippen molar-refractivity contribution in [3.8, 4) is 11.5 Å². The van der Waals surface area contributed by atoms with Crippen molar-refractivity contribution in [2.75, 3.05) is 19.5 Å². The standard InChI is InChI=1S/C17H15ClN2O3S/c1-9-4-5-11(12(18)6-9)16(21)20-17-19-15-13(23-3)7-10(22-2)8-14(15)24-17/h4-8H,1-3H3,(H,19,20,21). The van der Waals surface area contributed by atoms with Crippen LogP contribution in [0.25, 0.3) is 10.2 Å². The quantitative estimate of drug-likeness (QED) is 0.740. The van der Waals surface area contributed by atoms with Gasteiger partial charge in [0.05, 0.1) is 29.5 Å². The highest BCUT2D eigenvalue weighted by Crippen LogP contribution is 2.36. The van der Waals surface area contributed by atoms with E-state index in [0.717, 1.165) is 10.3 Å². The molecule has 7 heteroatoms. The lowest BCUT2D eigenvalue weighted by molar-refractivity contribution is 0.102. The Hall–Kier alpha value is -2.31. The van der Waals surface area contributed by atoms with Crippen LogP contribution in [-0.4, -0.2) is 25.1 Å². The Bertz CT molecular complexity index is 924. The van der Waals surface area contributed by atoms with Crippen LogP contribution in [0.2, 0.25) is 5.02 Å². The average Bonchev–Trinajstić information content (AvgIpc) is 2.95. The van der Waals surface area contributed by atoms with E-state index < -0.39 is 0 Å². The van der Waals surface area contributed by atoms with Crippen molar-refractivity contribution in [2.24, 2.45) is 0 Å². The Morgan fingerprint density at radius 1 is 1.21 bits per heavy atom. The highest BCUT2D eigenvalue weighted by Gasteiger charge is 2.15. The molecule has 0 radical (unpaired) electrons. The summed E-state index contributed by atoms with van der Waals surface area (Å²) in [6.07, 6.45) is 0. The minimum Gasteiger partial charge on any atom is -0.497 e. The van der Waals surface area contributed by atoms with Crippen molar-refractivity contribution in [3.05, 3.63) is 46.5 Å². The van der Waals surface area contributed by atoms with Gasteiger partial charge in [-0.3, -0.25) is 10.1 Å². The van der Waals surface area contributed by atoms with E-state index in [1.165, 1.54) is 11.3 Å². The molecular weight excluding hydrogens is 348 g/mol. The minimum absolute atomic E-state index is 0.301. The Morgan fingerprint density at radius 3 is 2.67 bits per heavy atom. The van der Waals surface area contributed by atoms with Crippen LogP contribution in [0.3, 0.4) is 0 Å². The van der Waals surface area contributed by atoms with Crippen LogP contribution in [0, 0.1) is 6.92 Å². The van der Waals surface area contributed by atoms with Crippen molar-refractivity contribution in [1.82, 2.24) is 4.98 Å². The van der Waals surface area contributed by atoms with Gasteiger partial charge in [0.1, 0.15) is 17.0 Å². The number of benzene rings is 2. The number of aryl methyl sites for hydroxylation is 1. The fourth-order valence-electron chi connectivity index (χ4n) is 2.27. The Morgan fingerprint density at radius 2 is 2.00 bits per heavy atom. The van der Waals surface area contributed by atoms with Crippen LogP contribution in [0.15, 0.2) is 30.3 Å². The van der Waals surface area contributed by atoms with E-state index >= 15 is 0 Å². The number of hydrogen-bond acceptors (Lipinski definition) is 5. The summed E-state index contributed by atoms with van der Waals surface area (Å²) < 4.78 is 11.4. The molecule has 24 heavy (non-hydrogen) atoms. The first-order valence-electron chi connectivity index (χ1n) is 7.12. The summed E-state index contributed by atoms with van der Waals surface area (Å²) in [7, 11) is 3.15. The molecule has 1 heterocycles. The predicted octanol–water partition coefficient (Wildman–Crippen LogP) is 4.53. The molecule has 1 amide bonds. The third-order valence-corrected chi connectivity index (χ3v) is 4.71. The first kappa shape index (κ1) is 16.5. The maximum atomic E-state index is 12.4. The van der Waals surface area contributed by atoms with Gasteiger partial charge in [0.25, 0.3) is 5.91 Å². The van der Waals surface area contributed by atoms with Crippen molar-refractivity contribution in [2.45, 2.75) is 6.92 Å². The Kier molecular flexibility index (Phi) is 4.59. The third-order valence-electron chi connectivity index (χ3n) is 3.48. The second-order valence-corrected chi connectivity index (χ2v) is 6.57. The normalized spacial score (nSPS) is 10.7. The molecule has 0 spiro atoms. The van der Waals surface area contributed by atoms with Gasteiger partial charge in [-0.05, 0) is 30.7 Å². The van der Waals surface area contributed by atoms with E-state index in [-0.39, 0.29) is 5.91 Å². The van der Waals surface area contributed by atoms with Gasteiger partial charge < -0.3 is 9.47 Å². The molecule has 0 bridgehead atoms. The number of carbonyl (C=O) groups excluding carboxylic acids is 1. The van der Waals surface area contributed by atoms with Crippen LogP contribution < -0.4 is 14.8 Å². The summed E-state index contributed by atoms with van der Waals surface area (Å²) >= 11 is 7.48. The number of nitrogens with one attached hydrogen (secondary N) is 1. The number of ether oxygens (including phenoxy) is 2. The van der Waals surface area contributed by atoms with Gasteiger partial charge in [-0.15, -0.1) is 0 Å². The number of hydrogen-bond donors (Lipinski definition) is 1. The van der Waals surface area contributed by atoms with Gasteiger partial charge in [-0.25, -0.2) is 4.98 Å². The zero-order valence-electron chi connectivity index (χ0n) is 13.3. The number of aromatic nitrogens is 1. The van der Waals surface area contributed by atoms with E-state index in [0.29, 0.717) is 32.7 Å². The number of nitrogens with zero attached hydrogens (tertiary/aromatic N) is 1. The molecule has 0 aliphatic heterocycles. The van der Waals surface area contributed by atoms with Crippen molar-refractivity contribution in [3.63, 3.8) is 0 Å². The maximum absolute atomic E-state index is 12.4. The Balaban J connectivity index is 1.94. The molecule has 0 fully saturated rings. The molecule has 1 N–H and O–H groups in total.